The van der Waals surface area contributed by atoms with Crippen molar-refractivity contribution in [3.05, 3.63) is 34.9 Å². The topological polar surface area (TPSA) is 55.8 Å². The van der Waals surface area contributed by atoms with Crippen LogP contribution in [0.15, 0.2) is 34.9 Å². The number of hydrogen-bond donors (Lipinski definition) is 1. The third-order valence-corrected chi connectivity index (χ3v) is 7.64. The van der Waals surface area contributed by atoms with Gasteiger partial charge < -0.3 is 14.6 Å². The van der Waals surface area contributed by atoms with E-state index in [-0.39, 0.29) is 30.0 Å². The van der Waals surface area contributed by atoms with Crippen molar-refractivity contribution in [1.29, 1.82) is 0 Å². The Morgan fingerprint density at radius 1 is 1.16 bits per heavy atom. The van der Waals surface area contributed by atoms with Crippen LogP contribution in [0.2, 0.25) is 0 Å². The molecule has 0 heterocycles. The molecule has 0 bridgehead atoms. The van der Waals surface area contributed by atoms with Crippen LogP contribution in [0, 0.1) is 23.2 Å². The average molecular weight is 433 g/mol. The van der Waals surface area contributed by atoms with Crippen LogP contribution >= 0.6 is 0 Å². The third-order valence-electron chi connectivity index (χ3n) is 7.64. The van der Waals surface area contributed by atoms with Gasteiger partial charge >= 0.3 is 0 Å². The molecule has 4 nitrogen and oxygen atoms in total. The number of ether oxygens (including phenoxy) is 2. The fourth-order valence-electron chi connectivity index (χ4n) is 5.19. The molecule has 2 aliphatic rings. The highest BCUT2D eigenvalue weighted by Gasteiger charge is 2.51. The molecule has 0 saturated heterocycles. The van der Waals surface area contributed by atoms with Gasteiger partial charge in [-0.15, -0.1) is 0 Å². The Hall–Kier alpha value is -1.23. The second-order valence-corrected chi connectivity index (χ2v) is 10.2. The maximum Gasteiger partial charge on any atom is 0.146 e. The van der Waals surface area contributed by atoms with Gasteiger partial charge in [0.2, 0.25) is 0 Å². The molecule has 0 amide bonds. The third kappa shape index (κ3) is 7.13. The predicted molar refractivity (Wildman–Crippen MR) is 127 cm³/mol. The SMILES string of the molecule is COCOC[C@@H](C)[C@@H]1CC(=O)[C@@]2(C)C/C=C(\C)CC/C=C(\C)CC[C@H](O)/C(C)=C/C[C@H]12. The smallest absolute Gasteiger partial charge is 0.146 e. The van der Waals surface area contributed by atoms with E-state index in [1.54, 1.807) is 7.11 Å². The standard InChI is InChI=1S/C27H44O4/c1-19-8-7-9-20(2)14-15-27(5)24(12-11-21(3)25(28)13-10-19)23(16-26(27)29)22(4)17-31-18-30-6/h8,11,14,22-25,28H,7,9-10,12-13,15-18H2,1-6H3/b19-8+,20-14+,21-11+/t22-,23+,24-,25+,27+/m1/s1. The lowest BCUT2D eigenvalue weighted by molar-refractivity contribution is -0.126. The zero-order valence-electron chi connectivity index (χ0n) is 20.6. The van der Waals surface area contributed by atoms with E-state index in [0.29, 0.717) is 18.8 Å². The van der Waals surface area contributed by atoms with Gasteiger partial charge in [-0.3, -0.25) is 4.79 Å². The fourth-order valence-corrected chi connectivity index (χ4v) is 5.19. The minimum Gasteiger partial charge on any atom is -0.389 e. The first-order valence-corrected chi connectivity index (χ1v) is 11.9. The van der Waals surface area contributed by atoms with Gasteiger partial charge in [0.25, 0.3) is 0 Å². The van der Waals surface area contributed by atoms with Crippen molar-refractivity contribution in [2.24, 2.45) is 23.2 Å². The van der Waals surface area contributed by atoms with Crippen LogP contribution in [0.1, 0.15) is 79.6 Å². The molecule has 2 aliphatic carbocycles. The lowest BCUT2D eigenvalue weighted by Crippen LogP contribution is -2.32. The summed E-state index contributed by atoms with van der Waals surface area (Å²) in [6.07, 6.45) is 12.3. The molecule has 4 heteroatoms. The van der Waals surface area contributed by atoms with Crippen LogP contribution in [0.25, 0.3) is 0 Å². The number of Topliss-reactive ketones (excluding diaryl/α,β-unsaturated/α-hetero) is 1. The minimum atomic E-state index is -0.419. The highest BCUT2D eigenvalue weighted by Crippen LogP contribution is 2.51. The van der Waals surface area contributed by atoms with Crippen molar-refractivity contribution in [3.63, 3.8) is 0 Å². The Morgan fingerprint density at radius 3 is 2.58 bits per heavy atom. The van der Waals surface area contributed by atoms with Crippen molar-refractivity contribution >= 4 is 5.78 Å². The summed E-state index contributed by atoms with van der Waals surface area (Å²) in [4.78, 5) is 13.3. The molecule has 1 fully saturated rings. The van der Waals surface area contributed by atoms with Gasteiger partial charge in [-0.25, -0.2) is 0 Å². The van der Waals surface area contributed by atoms with Gasteiger partial charge in [0.1, 0.15) is 12.6 Å². The van der Waals surface area contributed by atoms with Crippen molar-refractivity contribution in [1.82, 2.24) is 0 Å². The minimum absolute atomic E-state index is 0.248. The summed E-state index contributed by atoms with van der Waals surface area (Å²) in [7, 11) is 1.63. The van der Waals surface area contributed by atoms with E-state index in [0.717, 1.165) is 44.1 Å². The Morgan fingerprint density at radius 2 is 1.87 bits per heavy atom. The highest BCUT2D eigenvalue weighted by atomic mass is 16.7. The number of rotatable bonds is 5. The van der Waals surface area contributed by atoms with E-state index in [2.05, 4.69) is 45.9 Å². The number of ketones is 1. The van der Waals surface area contributed by atoms with E-state index in [1.807, 2.05) is 6.92 Å². The Balaban J connectivity index is 2.32. The maximum atomic E-state index is 13.3. The summed E-state index contributed by atoms with van der Waals surface area (Å²) < 4.78 is 10.7. The molecule has 0 aliphatic heterocycles. The number of methoxy groups -OCH3 is 1. The normalized spacial score (nSPS) is 37.3. The molecule has 2 rings (SSSR count). The molecule has 5 atom stereocenters. The number of allylic oxidation sites excluding steroid dienone is 5. The Bertz CT molecular complexity index is 689. The number of aliphatic hydroxyl groups excluding tert-OH is 1. The lowest BCUT2D eigenvalue weighted by Gasteiger charge is -2.34. The summed E-state index contributed by atoms with van der Waals surface area (Å²) >= 11 is 0. The van der Waals surface area contributed by atoms with Crippen LogP contribution in [0.5, 0.6) is 0 Å². The van der Waals surface area contributed by atoms with E-state index >= 15 is 0 Å². The maximum absolute atomic E-state index is 13.3. The van der Waals surface area contributed by atoms with Gasteiger partial charge in [0.05, 0.1) is 12.7 Å². The summed E-state index contributed by atoms with van der Waals surface area (Å²) in [6, 6.07) is 0. The van der Waals surface area contributed by atoms with E-state index in [4.69, 9.17) is 9.47 Å². The molecular formula is C27H44O4. The number of aliphatic hydroxyl groups is 1. The lowest BCUT2D eigenvalue weighted by atomic mass is 9.69. The highest BCUT2D eigenvalue weighted by molar-refractivity contribution is 5.87. The largest absolute Gasteiger partial charge is 0.389 e. The second kappa shape index (κ2) is 12.1. The summed E-state index contributed by atoms with van der Waals surface area (Å²) in [5.74, 6) is 1.18. The molecule has 0 unspecified atom stereocenters. The van der Waals surface area contributed by atoms with Gasteiger partial charge in [-0.2, -0.15) is 0 Å². The van der Waals surface area contributed by atoms with E-state index < -0.39 is 6.10 Å². The van der Waals surface area contributed by atoms with Crippen LogP contribution in [0.4, 0.5) is 0 Å². The molecule has 31 heavy (non-hydrogen) atoms. The van der Waals surface area contributed by atoms with Crippen LogP contribution in [-0.4, -0.2) is 37.5 Å². The quantitative estimate of drug-likeness (QED) is 0.328. The summed E-state index contributed by atoms with van der Waals surface area (Å²) in [5.41, 5.74) is 3.37. The van der Waals surface area contributed by atoms with Gasteiger partial charge in [-0.05, 0) is 82.6 Å². The number of hydrogen-bond acceptors (Lipinski definition) is 4. The molecule has 176 valence electrons. The summed E-state index contributed by atoms with van der Waals surface area (Å²) in [5, 5.41) is 10.7. The monoisotopic (exact) mass is 432 g/mol. The van der Waals surface area contributed by atoms with Gasteiger partial charge in [-0.1, -0.05) is 43.2 Å². The zero-order chi connectivity index (χ0) is 23.0. The van der Waals surface area contributed by atoms with Gasteiger partial charge in [0.15, 0.2) is 0 Å². The first kappa shape index (κ1) is 26.0. The van der Waals surface area contributed by atoms with Crippen LogP contribution in [-0.2, 0) is 14.3 Å². The summed E-state index contributed by atoms with van der Waals surface area (Å²) in [6.45, 7) is 11.6. The average Bonchev–Trinajstić information content (AvgIpc) is 2.98. The predicted octanol–water partition coefficient (Wildman–Crippen LogP) is 6.01. The van der Waals surface area contributed by atoms with Crippen molar-refractivity contribution in [2.45, 2.75) is 85.7 Å². The van der Waals surface area contributed by atoms with Crippen molar-refractivity contribution in [2.75, 3.05) is 20.5 Å². The molecule has 0 aromatic heterocycles. The number of fused-ring (bicyclic) bond motifs is 1. The zero-order valence-corrected chi connectivity index (χ0v) is 20.6. The van der Waals surface area contributed by atoms with E-state index in [1.165, 1.54) is 11.1 Å². The van der Waals surface area contributed by atoms with Crippen LogP contribution in [0.3, 0.4) is 0 Å². The molecule has 0 spiro atoms. The fraction of sp³-hybridized carbons (Fsp3) is 0.741. The van der Waals surface area contributed by atoms with Crippen molar-refractivity contribution in [3.8, 4) is 0 Å². The molecule has 0 aromatic rings. The first-order valence-electron chi connectivity index (χ1n) is 11.9. The van der Waals surface area contributed by atoms with Gasteiger partial charge in [0, 0.05) is 18.9 Å². The Labute approximate surface area is 189 Å². The van der Waals surface area contributed by atoms with E-state index in [9.17, 15) is 9.90 Å². The number of carbonyl (C=O) groups excluding carboxylic acids is 1. The van der Waals surface area contributed by atoms with Crippen molar-refractivity contribution < 1.29 is 19.4 Å². The molecule has 0 aromatic carbocycles. The second-order valence-electron chi connectivity index (χ2n) is 10.2. The molecular weight excluding hydrogens is 388 g/mol. The Kier molecular flexibility index (Phi) is 10.2. The molecule has 1 N–H and O–H groups in total. The number of carbonyl (C=O) groups is 1. The first-order chi connectivity index (χ1) is 14.7. The molecule has 1 saturated carbocycles. The molecule has 0 radical (unpaired) electrons. The van der Waals surface area contributed by atoms with Crippen LogP contribution < -0.4 is 0 Å².